The molecule has 4 heteroatoms. The number of benzene rings is 2. The molecule has 0 aliphatic carbocycles. The fraction of sp³-hybridized carbons (Fsp3) is 0. The van der Waals surface area contributed by atoms with E-state index >= 15 is 0 Å². The van der Waals surface area contributed by atoms with Crippen LogP contribution in [0.3, 0.4) is 0 Å². The molecule has 1 nitrogen and oxygen atoms in total. The lowest BCUT2D eigenvalue weighted by atomic mass is 10.0. The van der Waals surface area contributed by atoms with Crippen LogP contribution in [-0.4, -0.2) is 0 Å². The van der Waals surface area contributed by atoms with Gasteiger partial charge in [-0.1, -0.05) is 23.2 Å². The SMILES string of the molecule is N#Cc1cc(Cl)cc(-c2cc(Cl)ccc2F)c1. The topological polar surface area (TPSA) is 23.8 Å². The van der Waals surface area contributed by atoms with Crippen LogP contribution in [0, 0.1) is 17.1 Å². The molecule has 2 aromatic rings. The van der Waals surface area contributed by atoms with Gasteiger partial charge in [0.25, 0.3) is 0 Å². The van der Waals surface area contributed by atoms with E-state index in [1.54, 1.807) is 12.1 Å². The molecular formula is C13H6Cl2FN. The molecule has 2 rings (SSSR count). The number of halogens is 3. The predicted octanol–water partition coefficient (Wildman–Crippen LogP) is 4.67. The van der Waals surface area contributed by atoms with Crippen molar-refractivity contribution < 1.29 is 4.39 Å². The Morgan fingerprint density at radius 2 is 1.76 bits per heavy atom. The summed E-state index contributed by atoms with van der Waals surface area (Å²) in [5.74, 6) is -0.402. The second-order valence-electron chi connectivity index (χ2n) is 3.46. The van der Waals surface area contributed by atoms with Crippen molar-refractivity contribution in [3.05, 3.63) is 57.8 Å². The smallest absolute Gasteiger partial charge is 0.131 e. The van der Waals surface area contributed by atoms with E-state index in [0.717, 1.165) is 0 Å². The molecule has 0 saturated heterocycles. The van der Waals surface area contributed by atoms with E-state index in [0.29, 0.717) is 26.7 Å². The highest BCUT2D eigenvalue weighted by Crippen LogP contribution is 2.29. The molecule has 17 heavy (non-hydrogen) atoms. The summed E-state index contributed by atoms with van der Waals surface area (Å²) in [6, 6.07) is 10.9. The van der Waals surface area contributed by atoms with Crippen LogP contribution in [0.25, 0.3) is 11.1 Å². The van der Waals surface area contributed by atoms with Crippen molar-refractivity contribution in [1.29, 1.82) is 5.26 Å². The van der Waals surface area contributed by atoms with E-state index in [1.165, 1.54) is 24.3 Å². The molecular weight excluding hydrogens is 260 g/mol. The van der Waals surface area contributed by atoms with E-state index in [4.69, 9.17) is 28.5 Å². The highest BCUT2D eigenvalue weighted by atomic mass is 35.5. The van der Waals surface area contributed by atoms with Gasteiger partial charge in [0, 0.05) is 15.6 Å². The Morgan fingerprint density at radius 1 is 1.00 bits per heavy atom. The molecule has 0 spiro atoms. The molecule has 0 unspecified atom stereocenters. The first-order valence-corrected chi connectivity index (χ1v) is 5.52. The van der Waals surface area contributed by atoms with Gasteiger partial charge in [0.05, 0.1) is 11.6 Å². The van der Waals surface area contributed by atoms with Gasteiger partial charge in [-0.15, -0.1) is 0 Å². The molecule has 0 aliphatic heterocycles. The van der Waals surface area contributed by atoms with Crippen molar-refractivity contribution in [2.45, 2.75) is 0 Å². The maximum Gasteiger partial charge on any atom is 0.131 e. The summed E-state index contributed by atoms with van der Waals surface area (Å²) >= 11 is 11.7. The number of hydrogen-bond donors (Lipinski definition) is 0. The van der Waals surface area contributed by atoms with Gasteiger partial charge in [-0.2, -0.15) is 5.26 Å². The van der Waals surface area contributed by atoms with Crippen LogP contribution in [0.5, 0.6) is 0 Å². The average Bonchev–Trinajstić information content (AvgIpc) is 2.31. The van der Waals surface area contributed by atoms with Gasteiger partial charge < -0.3 is 0 Å². The molecule has 0 N–H and O–H groups in total. The maximum atomic E-state index is 13.6. The molecule has 0 heterocycles. The molecule has 0 amide bonds. The Morgan fingerprint density at radius 3 is 2.47 bits per heavy atom. The first-order valence-electron chi connectivity index (χ1n) is 4.76. The summed E-state index contributed by atoms with van der Waals surface area (Å²) in [6.45, 7) is 0. The second kappa shape index (κ2) is 4.75. The summed E-state index contributed by atoms with van der Waals surface area (Å²) in [5, 5.41) is 9.65. The van der Waals surface area contributed by atoms with Crippen molar-refractivity contribution in [3.63, 3.8) is 0 Å². The lowest BCUT2D eigenvalue weighted by Crippen LogP contribution is -1.86. The summed E-state index contributed by atoms with van der Waals surface area (Å²) in [6.07, 6.45) is 0. The quantitative estimate of drug-likeness (QED) is 0.735. The predicted molar refractivity (Wildman–Crippen MR) is 66.6 cm³/mol. The normalized spacial score (nSPS) is 10.0. The Kier molecular flexibility index (Phi) is 3.33. The highest BCUT2D eigenvalue weighted by Gasteiger charge is 2.08. The van der Waals surface area contributed by atoms with Gasteiger partial charge in [-0.3, -0.25) is 0 Å². The lowest BCUT2D eigenvalue weighted by Gasteiger charge is -2.05. The van der Waals surface area contributed by atoms with Crippen molar-refractivity contribution in [1.82, 2.24) is 0 Å². The second-order valence-corrected chi connectivity index (χ2v) is 4.34. The van der Waals surface area contributed by atoms with Crippen LogP contribution in [-0.2, 0) is 0 Å². The number of nitriles is 1. The van der Waals surface area contributed by atoms with Crippen molar-refractivity contribution in [2.75, 3.05) is 0 Å². The average molecular weight is 266 g/mol. The van der Waals surface area contributed by atoms with Crippen LogP contribution in [0.1, 0.15) is 5.56 Å². The maximum absolute atomic E-state index is 13.6. The van der Waals surface area contributed by atoms with Crippen LogP contribution in [0.2, 0.25) is 10.0 Å². The van der Waals surface area contributed by atoms with E-state index in [1.807, 2.05) is 6.07 Å². The summed E-state index contributed by atoms with van der Waals surface area (Å²) in [5.41, 5.74) is 1.25. The molecule has 84 valence electrons. The Labute approximate surface area is 108 Å². The van der Waals surface area contributed by atoms with E-state index in [-0.39, 0.29) is 0 Å². The largest absolute Gasteiger partial charge is 0.206 e. The van der Waals surface area contributed by atoms with Gasteiger partial charge in [-0.25, -0.2) is 4.39 Å². The third-order valence-corrected chi connectivity index (χ3v) is 2.72. The van der Waals surface area contributed by atoms with Gasteiger partial charge >= 0.3 is 0 Å². The molecule has 0 saturated carbocycles. The molecule has 2 aromatic carbocycles. The summed E-state index contributed by atoms with van der Waals surface area (Å²) < 4.78 is 13.6. The zero-order valence-corrected chi connectivity index (χ0v) is 10.1. The third-order valence-electron chi connectivity index (χ3n) is 2.27. The van der Waals surface area contributed by atoms with Crippen LogP contribution in [0.4, 0.5) is 4.39 Å². The van der Waals surface area contributed by atoms with Crippen LogP contribution >= 0.6 is 23.2 Å². The summed E-state index contributed by atoms with van der Waals surface area (Å²) in [4.78, 5) is 0. The minimum absolute atomic E-state index is 0.330. The number of nitrogens with zero attached hydrogens (tertiary/aromatic N) is 1. The Balaban J connectivity index is 2.64. The molecule has 0 aromatic heterocycles. The third kappa shape index (κ3) is 2.58. The lowest BCUT2D eigenvalue weighted by molar-refractivity contribution is 0.631. The first-order chi connectivity index (χ1) is 8.10. The van der Waals surface area contributed by atoms with E-state index < -0.39 is 5.82 Å². The van der Waals surface area contributed by atoms with Gasteiger partial charge in [0.15, 0.2) is 0 Å². The standard InChI is InChI=1S/C13H6Cl2FN/c14-10-1-2-13(16)12(6-10)9-3-8(7-17)4-11(15)5-9/h1-6H. The van der Waals surface area contributed by atoms with Crippen LogP contribution < -0.4 is 0 Å². The Bertz CT molecular complexity index is 617. The summed E-state index contributed by atoms with van der Waals surface area (Å²) in [7, 11) is 0. The monoisotopic (exact) mass is 265 g/mol. The zero-order valence-electron chi connectivity index (χ0n) is 8.55. The Hall–Kier alpha value is -1.56. The van der Waals surface area contributed by atoms with Gasteiger partial charge in [-0.05, 0) is 42.0 Å². The number of hydrogen-bond acceptors (Lipinski definition) is 1. The number of rotatable bonds is 1. The molecule has 0 bridgehead atoms. The van der Waals surface area contributed by atoms with Gasteiger partial charge in [0.1, 0.15) is 5.82 Å². The molecule has 0 aliphatic rings. The van der Waals surface area contributed by atoms with Crippen LogP contribution in [0.15, 0.2) is 36.4 Å². The molecule has 0 radical (unpaired) electrons. The van der Waals surface area contributed by atoms with Crippen molar-refractivity contribution >= 4 is 23.2 Å². The van der Waals surface area contributed by atoms with E-state index in [2.05, 4.69) is 0 Å². The van der Waals surface area contributed by atoms with Gasteiger partial charge in [0.2, 0.25) is 0 Å². The van der Waals surface area contributed by atoms with Crippen molar-refractivity contribution in [3.8, 4) is 17.2 Å². The fourth-order valence-corrected chi connectivity index (χ4v) is 1.94. The van der Waals surface area contributed by atoms with E-state index in [9.17, 15) is 4.39 Å². The van der Waals surface area contributed by atoms with Crippen molar-refractivity contribution in [2.24, 2.45) is 0 Å². The first kappa shape index (κ1) is 11.9. The molecule has 0 atom stereocenters. The molecule has 0 fully saturated rings. The highest BCUT2D eigenvalue weighted by molar-refractivity contribution is 6.31. The fourth-order valence-electron chi connectivity index (χ4n) is 1.53. The zero-order chi connectivity index (χ0) is 12.4. The minimum atomic E-state index is -0.402. The minimum Gasteiger partial charge on any atom is -0.206 e.